The summed E-state index contributed by atoms with van der Waals surface area (Å²) < 4.78 is 0.965. The molecule has 100 valence electrons. The van der Waals surface area contributed by atoms with Gasteiger partial charge in [-0.05, 0) is 38.2 Å². The number of aliphatic carboxylic acids is 1. The second-order valence-electron chi connectivity index (χ2n) is 4.74. The summed E-state index contributed by atoms with van der Waals surface area (Å²) in [5, 5.41) is 17.3. The second kappa shape index (κ2) is 4.41. The Labute approximate surface area is 112 Å². The maximum Gasteiger partial charge on any atom is 0.328 e. The molecule has 2 aromatic rings. The van der Waals surface area contributed by atoms with E-state index in [0.29, 0.717) is 10.2 Å². The number of hydrogen-bond donors (Lipinski definition) is 1. The van der Waals surface area contributed by atoms with Gasteiger partial charge in [-0.15, -0.1) is 16.4 Å². The van der Waals surface area contributed by atoms with E-state index < -0.39 is 12.0 Å². The number of carboxylic acid groups (broad SMARTS) is 1. The number of fused-ring (bicyclic) bond motifs is 3. The SMILES string of the molecule is CC(C(=O)O)n1nnc2sc3c(c2c1=O)CCCC3. The molecule has 0 saturated heterocycles. The smallest absolute Gasteiger partial charge is 0.328 e. The molecular weight excluding hydrogens is 266 g/mol. The van der Waals surface area contributed by atoms with Gasteiger partial charge < -0.3 is 5.11 Å². The quantitative estimate of drug-likeness (QED) is 0.897. The van der Waals surface area contributed by atoms with Crippen molar-refractivity contribution in [1.82, 2.24) is 15.0 Å². The van der Waals surface area contributed by atoms with Crippen molar-refractivity contribution >= 4 is 27.5 Å². The average Bonchev–Trinajstić information content (AvgIpc) is 2.77. The summed E-state index contributed by atoms with van der Waals surface area (Å²) >= 11 is 1.51. The Morgan fingerprint density at radius 3 is 2.89 bits per heavy atom. The van der Waals surface area contributed by atoms with E-state index in [9.17, 15) is 9.59 Å². The van der Waals surface area contributed by atoms with E-state index in [0.717, 1.165) is 35.9 Å². The molecular formula is C12H13N3O3S. The summed E-state index contributed by atoms with van der Waals surface area (Å²) in [6.45, 7) is 1.43. The van der Waals surface area contributed by atoms with Gasteiger partial charge in [-0.1, -0.05) is 5.21 Å². The van der Waals surface area contributed by atoms with Crippen LogP contribution in [0, 0.1) is 0 Å². The molecule has 1 aliphatic carbocycles. The van der Waals surface area contributed by atoms with Crippen molar-refractivity contribution in [2.45, 2.75) is 38.6 Å². The standard InChI is InChI=1S/C12H13N3O3S/c1-6(12(17)18)15-11(16)9-7-4-2-3-5-8(7)19-10(9)13-14-15/h6H,2-5H2,1H3,(H,17,18). The van der Waals surface area contributed by atoms with Crippen molar-refractivity contribution in [3.63, 3.8) is 0 Å². The Bertz CT molecular complexity index is 719. The molecule has 0 saturated carbocycles. The minimum absolute atomic E-state index is 0.334. The van der Waals surface area contributed by atoms with Gasteiger partial charge in [-0.25, -0.2) is 4.79 Å². The van der Waals surface area contributed by atoms with Crippen LogP contribution in [0.25, 0.3) is 10.2 Å². The summed E-state index contributed by atoms with van der Waals surface area (Å²) in [6, 6.07) is -0.997. The lowest BCUT2D eigenvalue weighted by molar-refractivity contribution is -0.140. The van der Waals surface area contributed by atoms with Gasteiger partial charge in [0.15, 0.2) is 10.9 Å². The predicted molar refractivity (Wildman–Crippen MR) is 70.7 cm³/mol. The van der Waals surface area contributed by atoms with Crippen molar-refractivity contribution in [3.05, 3.63) is 20.8 Å². The Hall–Kier alpha value is -1.76. The fourth-order valence-electron chi connectivity index (χ4n) is 2.44. The first kappa shape index (κ1) is 12.3. The van der Waals surface area contributed by atoms with Crippen molar-refractivity contribution in [2.75, 3.05) is 0 Å². The number of aryl methyl sites for hydroxylation is 2. The molecule has 0 bridgehead atoms. The molecule has 2 aromatic heterocycles. The topological polar surface area (TPSA) is 85.1 Å². The Morgan fingerprint density at radius 2 is 2.16 bits per heavy atom. The fraction of sp³-hybridized carbons (Fsp3) is 0.500. The number of thiophene rings is 1. The largest absolute Gasteiger partial charge is 0.480 e. The summed E-state index contributed by atoms with van der Waals surface area (Å²) in [4.78, 5) is 25.2. The molecule has 6 nitrogen and oxygen atoms in total. The highest BCUT2D eigenvalue weighted by molar-refractivity contribution is 7.18. The number of carbonyl (C=O) groups is 1. The lowest BCUT2D eigenvalue weighted by Gasteiger charge is -2.11. The van der Waals surface area contributed by atoms with E-state index in [2.05, 4.69) is 10.3 Å². The predicted octanol–water partition coefficient (Wildman–Crippen LogP) is 1.38. The maximum atomic E-state index is 12.4. The van der Waals surface area contributed by atoms with Gasteiger partial charge in [0.2, 0.25) is 0 Å². The van der Waals surface area contributed by atoms with Crippen LogP contribution in [0.4, 0.5) is 0 Å². The summed E-state index contributed by atoms with van der Waals surface area (Å²) in [6.07, 6.45) is 4.05. The molecule has 0 spiro atoms. The van der Waals surface area contributed by atoms with Gasteiger partial charge in [-0.2, -0.15) is 4.68 Å². The van der Waals surface area contributed by atoms with Gasteiger partial charge in [0.1, 0.15) is 0 Å². The zero-order valence-electron chi connectivity index (χ0n) is 10.4. The summed E-state index contributed by atoms with van der Waals surface area (Å²) in [5.74, 6) is -1.08. The maximum absolute atomic E-state index is 12.4. The van der Waals surface area contributed by atoms with Crippen molar-refractivity contribution < 1.29 is 9.90 Å². The van der Waals surface area contributed by atoms with E-state index >= 15 is 0 Å². The number of rotatable bonds is 2. The normalized spacial score (nSPS) is 16.3. The Morgan fingerprint density at radius 1 is 1.42 bits per heavy atom. The van der Waals surface area contributed by atoms with E-state index in [1.807, 2.05) is 0 Å². The van der Waals surface area contributed by atoms with Crippen LogP contribution in [0.2, 0.25) is 0 Å². The van der Waals surface area contributed by atoms with Gasteiger partial charge in [0, 0.05) is 4.88 Å². The number of hydrogen-bond acceptors (Lipinski definition) is 5. The first-order valence-corrected chi connectivity index (χ1v) is 7.04. The lowest BCUT2D eigenvalue weighted by Crippen LogP contribution is -2.31. The van der Waals surface area contributed by atoms with E-state index in [1.54, 1.807) is 0 Å². The minimum Gasteiger partial charge on any atom is -0.480 e. The van der Waals surface area contributed by atoms with Gasteiger partial charge in [0.05, 0.1) is 5.39 Å². The molecule has 2 heterocycles. The molecule has 0 radical (unpaired) electrons. The third-order valence-corrected chi connectivity index (χ3v) is 4.71. The third kappa shape index (κ3) is 1.85. The average molecular weight is 279 g/mol. The Balaban J connectivity index is 2.26. The highest BCUT2D eigenvalue weighted by atomic mass is 32.1. The molecule has 1 N–H and O–H groups in total. The molecule has 1 aliphatic rings. The Kier molecular flexibility index (Phi) is 2.85. The molecule has 19 heavy (non-hydrogen) atoms. The van der Waals surface area contributed by atoms with Gasteiger partial charge >= 0.3 is 5.97 Å². The first-order chi connectivity index (χ1) is 9.09. The van der Waals surface area contributed by atoms with Crippen LogP contribution >= 0.6 is 11.3 Å². The van der Waals surface area contributed by atoms with Crippen LogP contribution in [0.1, 0.15) is 36.2 Å². The van der Waals surface area contributed by atoms with Gasteiger partial charge in [-0.3, -0.25) is 4.79 Å². The highest BCUT2D eigenvalue weighted by Crippen LogP contribution is 2.33. The van der Waals surface area contributed by atoms with Crippen molar-refractivity contribution in [2.24, 2.45) is 0 Å². The molecule has 7 heteroatoms. The van der Waals surface area contributed by atoms with Crippen LogP contribution < -0.4 is 5.56 Å². The summed E-state index contributed by atoms with van der Waals surface area (Å²) in [7, 11) is 0. The minimum atomic E-state index is -1.08. The molecule has 0 aromatic carbocycles. The van der Waals surface area contributed by atoms with Crippen LogP contribution in [-0.2, 0) is 17.6 Å². The lowest BCUT2D eigenvalue weighted by atomic mass is 9.97. The van der Waals surface area contributed by atoms with E-state index in [1.165, 1.54) is 23.1 Å². The van der Waals surface area contributed by atoms with Crippen molar-refractivity contribution in [1.29, 1.82) is 0 Å². The zero-order chi connectivity index (χ0) is 13.6. The highest BCUT2D eigenvalue weighted by Gasteiger charge is 2.23. The van der Waals surface area contributed by atoms with Crippen LogP contribution in [0.15, 0.2) is 4.79 Å². The van der Waals surface area contributed by atoms with Crippen molar-refractivity contribution in [3.8, 4) is 0 Å². The fourth-order valence-corrected chi connectivity index (χ4v) is 3.64. The van der Waals surface area contributed by atoms with Crippen LogP contribution in [-0.4, -0.2) is 26.1 Å². The molecule has 1 unspecified atom stereocenters. The van der Waals surface area contributed by atoms with E-state index in [-0.39, 0.29) is 5.56 Å². The van der Waals surface area contributed by atoms with Crippen LogP contribution in [0.5, 0.6) is 0 Å². The number of aromatic nitrogens is 3. The monoisotopic (exact) mass is 279 g/mol. The third-order valence-electron chi connectivity index (χ3n) is 3.53. The molecule has 1 atom stereocenters. The second-order valence-corrected chi connectivity index (χ2v) is 5.83. The zero-order valence-corrected chi connectivity index (χ0v) is 11.2. The van der Waals surface area contributed by atoms with Gasteiger partial charge in [0.25, 0.3) is 5.56 Å². The number of nitrogens with zero attached hydrogens (tertiary/aromatic N) is 3. The molecule has 3 rings (SSSR count). The number of carboxylic acids is 1. The molecule has 0 amide bonds. The summed E-state index contributed by atoms with van der Waals surface area (Å²) in [5.41, 5.74) is 0.719. The van der Waals surface area contributed by atoms with E-state index in [4.69, 9.17) is 5.11 Å². The molecule has 0 aliphatic heterocycles. The van der Waals surface area contributed by atoms with Crippen LogP contribution in [0.3, 0.4) is 0 Å². The first-order valence-electron chi connectivity index (χ1n) is 6.22. The molecule has 0 fully saturated rings.